The number of aliphatic hydroxyl groups is 3. The maximum Gasteiger partial charge on any atom is 0.192 e. The lowest BCUT2D eigenvalue weighted by molar-refractivity contribution is -0.276. The normalized spacial score (nSPS) is 44.3. The molecule has 1 unspecified atom stereocenters. The van der Waals surface area contributed by atoms with Crippen LogP contribution in [0.3, 0.4) is 0 Å². The number of ether oxygens (including phenoxy) is 3. The highest BCUT2D eigenvalue weighted by Crippen LogP contribution is 2.44. The average molecular weight is 262 g/mol. The Morgan fingerprint density at radius 1 is 1.44 bits per heavy atom. The molecule has 5 atom stereocenters. The molecule has 0 aliphatic carbocycles. The number of aliphatic hydroxyl groups excluding tert-OH is 1. The fourth-order valence-electron chi connectivity index (χ4n) is 2.98. The summed E-state index contributed by atoms with van der Waals surface area (Å²) in [5, 5.41) is 30.0. The van der Waals surface area contributed by atoms with Gasteiger partial charge in [-0.1, -0.05) is 13.3 Å². The largest absolute Gasteiger partial charge is 0.388 e. The number of methoxy groups -OCH3 is 1. The Morgan fingerprint density at radius 3 is 2.67 bits per heavy atom. The zero-order chi connectivity index (χ0) is 13.6. The summed E-state index contributed by atoms with van der Waals surface area (Å²) in [6.07, 6.45) is -1.99. The van der Waals surface area contributed by atoms with Crippen LogP contribution >= 0.6 is 0 Å². The molecule has 2 saturated heterocycles. The Bertz CT molecular complexity index is 307. The van der Waals surface area contributed by atoms with Crippen molar-refractivity contribution in [3.8, 4) is 0 Å². The molecule has 3 N–H and O–H groups in total. The van der Waals surface area contributed by atoms with Crippen LogP contribution in [-0.4, -0.2) is 64.8 Å². The van der Waals surface area contributed by atoms with Crippen molar-refractivity contribution in [2.24, 2.45) is 0 Å². The van der Waals surface area contributed by atoms with Gasteiger partial charge in [0.25, 0.3) is 0 Å². The van der Waals surface area contributed by atoms with E-state index >= 15 is 0 Å². The van der Waals surface area contributed by atoms with Crippen molar-refractivity contribution in [3.63, 3.8) is 0 Å². The topological polar surface area (TPSA) is 88.4 Å². The molecule has 2 rings (SSSR count). The molecule has 2 fully saturated rings. The summed E-state index contributed by atoms with van der Waals surface area (Å²) in [6.45, 7) is 3.75. The summed E-state index contributed by atoms with van der Waals surface area (Å²) < 4.78 is 16.5. The van der Waals surface area contributed by atoms with Crippen LogP contribution < -0.4 is 0 Å². The number of hydrogen-bond acceptors (Lipinski definition) is 6. The first-order valence-corrected chi connectivity index (χ1v) is 6.32. The first-order valence-electron chi connectivity index (χ1n) is 6.32. The van der Waals surface area contributed by atoms with Gasteiger partial charge in [-0.05, 0) is 6.92 Å². The van der Waals surface area contributed by atoms with Crippen LogP contribution in [0.4, 0.5) is 0 Å². The third-order valence-electron chi connectivity index (χ3n) is 3.98. The van der Waals surface area contributed by atoms with Crippen molar-refractivity contribution in [2.75, 3.05) is 13.7 Å². The molecule has 0 spiro atoms. The Morgan fingerprint density at radius 2 is 2.11 bits per heavy atom. The summed E-state index contributed by atoms with van der Waals surface area (Å²) in [7, 11) is 1.48. The van der Waals surface area contributed by atoms with Crippen molar-refractivity contribution in [2.45, 2.75) is 62.5 Å². The van der Waals surface area contributed by atoms with E-state index in [1.54, 1.807) is 6.92 Å². The monoisotopic (exact) mass is 262 g/mol. The molecule has 0 saturated carbocycles. The standard InChI is InChI=1S/C12H22O6/c1-4-5-12(14,15)10-11(2,16-3)9-8(18-10)7(13)6-17-9/h7-10,13-15H,4-6H2,1-3H3/t7-,8-,9+,10?,11-/m1/s1. The number of fused-ring (bicyclic) bond motifs is 1. The molecule has 18 heavy (non-hydrogen) atoms. The van der Waals surface area contributed by atoms with Crippen molar-refractivity contribution in [1.29, 1.82) is 0 Å². The zero-order valence-electron chi connectivity index (χ0n) is 11.0. The van der Waals surface area contributed by atoms with Crippen LogP contribution in [0.15, 0.2) is 0 Å². The fourth-order valence-corrected chi connectivity index (χ4v) is 2.98. The molecule has 2 aliphatic rings. The second kappa shape index (κ2) is 4.70. The maximum atomic E-state index is 10.1. The third-order valence-corrected chi connectivity index (χ3v) is 3.98. The zero-order valence-corrected chi connectivity index (χ0v) is 11.0. The van der Waals surface area contributed by atoms with Gasteiger partial charge in [0, 0.05) is 13.5 Å². The first kappa shape index (κ1) is 14.2. The van der Waals surface area contributed by atoms with E-state index in [0.717, 1.165) is 0 Å². The van der Waals surface area contributed by atoms with E-state index < -0.39 is 35.8 Å². The molecule has 0 radical (unpaired) electrons. The van der Waals surface area contributed by atoms with Gasteiger partial charge in [0.05, 0.1) is 6.61 Å². The number of hydrogen-bond donors (Lipinski definition) is 3. The van der Waals surface area contributed by atoms with E-state index in [2.05, 4.69) is 0 Å². The highest BCUT2D eigenvalue weighted by Gasteiger charge is 2.65. The Hall–Kier alpha value is -0.240. The van der Waals surface area contributed by atoms with E-state index in [9.17, 15) is 15.3 Å². The minimum absolute atomic E-state index is 0.173. The molecular weight excluding hydrogens is 240 g/mol. The van der Waals surface area contributed by atoms with E-state index in [4.69, 9.17) is 14.2 Å². The summed E-state index contributed by atoms with van der Waals surface area (Å²) in [4.78, 5) is 0. The summed E-state index contributed by atoms with van der Waals surface area (Å²) in [6, 6.07) is 0. The molecule has 0 aromatic heterocycles. The Balaban J connectivity index is 2.26. The van der Waals surface area contributed by atoms with Gasteiger partial charge in [0.2, 0.25) is 0 Å². The molecule has 2 aliphatic heterocycles. The van der Waals surface area contributed by atoms with Crippen molar-refractivity contribution in [3.05, 3.63) is 0 Å². The predicted octanol–water partition coefficient (Wildman–Crippen LogP) is -0.600. The van der Waals surface area contributed by atoms with Gasteiger partial charge in [-0.3, -0.25) is 0 Å². The lowest BCUT2D eigenvalue weighted by Crippen LogP contribution is -2.57. The molecule has 0 bridgehead atoms. The van der Waals surface area contributed by atoms with Crippen LogP contribution in [0.2, 0.25) is 0 Å². The fraction of sp³-hybridized carbons (Fsp3) is 1.00. The van der Waals surface area contributed by atoms with Crippen LogP contribution in [0.1, 0.15) is 26.7 Å². The van der Waals surface area contributed by atoms with E-state index in [1.165, 1.54) is 7.11 Å². The smallest absolute Gasteiger partial charge is 0.192 e. The minimum atomic E-state index is -1.99. The van der Waals surface area contributed by atoms with Gasteiger partial charge in [-0.15, -0.1) is 0 Å². The molecule has 6 nitrogen and oxygen atoms in total. The van der Waals surface area contributed by atoms with Gasteiger partial charge >= 0.3 is 0 Å². The van der Waals surface area contributed by atoms with E-state index in [1.807, 2.05) is 6.92 Å². The van der Waals surface area contributed by atoms with Gasteiger partial charge in [0.1, 0.15) is 30.0 Å². The van der Waals surface area contributed by atoms with Crippen molar-refractivity contribution in [1.82, 2.24) is 0 Å². The van der Waals surface area contributed by atoms with Crippen LogP contribution in [0.25, 0.3) is 0 Å². The van der Waals surface area contributed by atoms with Gasteiger partial charge in [0.15, 0.2) is 5.79 Å². The SMILES string of the molecule is CCCC(O)(O)C1O[C@@H]2[C@H](O)CO[C@@H]2[C@@]1(C)OC. The van der Waals surface area contributed by atoms with Crippen LogP contribution in [-0.2, 0) is 14.2 Å². The Kier molecular flexibility index (Phi) is 3.70. The van der Waals surface area contributed by atoms with Crippen LogP contribution in [0.5, 0.6) is 0 Å². The Labute approximate surface area is 106 Å². The highest BCUT2D eigenvalue weighted by molar-refractivity contribution is 5.11. The molecule has 0 aromatic carbocycles. The lowest BCUT2D eigenvalue weighted by Gasteiger charge is -2.39. The van der Waals surface area contributed by atoms with Crippen LogP contribution in [0, 0.1) is 0 Å². The molecule has 0 aromatic rings. The average Bonchev–Trinajstić information content (AvgIpc) is 2.80. The molecular formula is C12H22O6. The van der Waals surface area contributed by atoms with Gasteiger partial charge in [-0.2, -0.15) is 0 Å². The molecule has 2 heterocycles. The summed E-state index contributed by atoms with van der Waals surface area (Å²) in [5.41, 5.74) is -0.985. The van der Waals surface area contributed by atoms with Crippen molar-refractivity contribution >= 4 is 0 Å². The van der Waals surface area contributed by atoms with Gasteiger partial charge < -0.3 is 29.5 Å². The predicted molar refractivity (Wildman–Crippen MR) is 61.9 cm³/mol. The summed E-state index contributed by atoms with van der Waals surface area (Å²) >= 11 is 0. The quantitative estimate of drug-likeness (QED) is 0.586. The molecule has 6 heteroatoms. The first-order chi connectivity index (χ1) is 8.36. The highest BCUT2D eigenvalue weighted by atomic mass is 16.7. The maximum absolute atomic E-state index is 10.1. The minimum Gasteiger partial charge on any atom is -0.388 e. The second-order valence-corrected chi connectivity index (χ2v) is 5.32. The van der Waals surface area contributed by atoms with Crippen molar-refractivity contribution < 1.29 is 29.5 Å². The van der Waals surface area contributed by atoms with E-state index in [-0.39, 0.29) is 13.0 Å². The lowest BCUT2D eigenvalue weighted by atomic mass is 9.86. The second-order valence-electron chi connectivity index (χ2n) is 5.32. The van der Waals surface area contributed by atoms with E-state index in [0.29, 0.717) is 6.42 Å². The third kappa shape index (κ3) is 1.97. The molecule has 106 valence electrons. The number of rotatable bonds is 4. The molecule has 0 amide bonds. The summed E-state index contributed by atoms with van der Waals surface area (Å²) in [5.74, 6) is -1.99. The van der Waals surface area contributed by atoms with Gasteiger partial charge in [-0.25, -0.2) is 0 Å².